The highest BCUT2D eigenvalue weighted by atomic mass is 19.1. The van der Waals surface area contributed by atoms with Crippen LogP contribution in [0.1, 0.15) is 52.9 Å². The van der Waals surface area contributed by atoms with Gasteiger partial charge in [-0.25, -0.2) is 4.39 Å². The van der Waals surface area contributed by atoms with Crippen molar-refractivity contribution >= 4 is 17.7 Å². The summed E-state index contributed by atoms with van der Waals surface area (Å²) < 4.78 is 17.5. The average Bonchev–Trinajstić information content (AvgIpc) is 2.38. The summed E-state index contributed by atoms with van der Waals surface area (Å²) in [7, 11) is 0. The summed E-state index contributed by atoms with van der Waals surface area (Å²) in [6.45, 7) is 4.98. The molecule has 0 fully saturated rings. The van der Waals surface area contributed by atoms with Gasteiger partial charge in [-0.15, -0.1) is 0 Å². The predicted molar refractivity (Wildman–Crippen MR) is 75.9 cm³/mol. The SMILES string of the molecule is CC(C)(C)C(=O)OC(=O)CCCC(=O)C1=CC=C(F)CC1. The molecule has 1 aliphatic carbocycles. The fraction of sp³-hybridized carbons (Fsp3) is 0.562. The van der Waals surface area contributed by atoms with E-state index < -0.39 is 17.4 Å². The molecule has 0 aromatic heterocycles. The molecule has 0 heterocycles. The Morgan fingerprint density at radius 3 is 2.33 bits per heavy atom. The normalized spacial score (nSPS) is 15.0. The maximum Gasteiger partial charge on any atom is 0.318 e. The molecule has 0 bridgehead atoms. The van der Waals surface area contributed by atoms with Gasteiger partial charge in [-0.1, -0.05) is 6.08 Å². The molecule has 4 nitrogen and oxygen atoms in total. The number of rotatable bonds is 5. The number of halogens is 1. The first-order valence-corrected chi connectivity index (χ1v) is 7.03. The molecular formula is C16H21FO4. The second kappa shape index (κ2) is 7.29. The molecule has 0 unspecified atom stereocenters. The van der Waals surface area contributed by atoms with Gasteiger partial charge in [0.15, 0.2) is 5.78 Å². The molecule has 5 heteroatoms. The Kier molecular flexibility index (Phi) is 6.00. The van der Waals surface area contributed by atoms with E-state index in [1.165, 1.54) is 12.2 Å². The average molecular weight is 296 g/mol. The molecule has 0 amide bonds. The molecule has 1 rings (SSSR count). The smallest absolute Gasteiger partial charge is 0.318 e. The largest absolute Gasteiger partial charge is 0.393 e. The summed E-state index contributed by atoms with van der Waals surface area (Å²) in [5.74, 6) is -1.51. The van der Waals surface area contributed by atoms with E-state index in [0.717, 1.165) is 0 Å². The first-order chi connectivity index (χ1) is 9.70. The number of hydrogen-bond acceptors (Lipinski definition) is 4. The minimum Gasteiger partial charge on any atom is -0.393 e. The van der Waals surface area contributed by atoms with E-state index in [2.05, 4.69) is 0 Å². The molecule has 0 aliphatic heterocycles. The number of carbonyl (C=O) groups excluding carboxylic acids is 3. The van der Waals surface area contributed by atoms with Crippen molar-refractivity contribution in [1.82, 2.24) is 0 Å². The lowest BCUT2D eigenvalue weighted by Crippen LogP contribution is -2.25. The Hall–Kier alpha value is -1.78. The van der Waals surface area contributed by atoms with Crippen LogP contribution < -0.4 is 0 Å². The fourth-order valence-electron chi connectivity index (χ4n) is 1.71. The van der Waals surface area contributed by atoms with Gasteiger partial charge in [0.25, 0.3) is 0 Å². The summed E-state index contributed by atoms with van der Waals surface area (Å²) in [6.07, 6.45) is 3.97. The molecule has 21 heavy (non-hydrogen) atoms. The molecule has 0 aromatic carbocycles. The van der Waals surface area contributed by atoms with Crippen LogP contribution >= 0.6 is 0 Å². The van der Waals surface area contributed by atoms with Gasteiger partial charge >= 0.3 is 11.9 Å². The van der Waals surface area contributed by atoms with Gasteiger partial charge < -0.3 is 4.74 Å². The zero-order valence-corrected chi connectivity index (χ0v) is 12.7. The van der Waals surface area contributed by atoms with Crippen molar-refractivity contribution in [3.05, 3.63) is 23.6 Å². The molecule has 0 saturated heterocycles. The van der Waals surface area contributed by atoms with Crippen LogP contribution in [-0.4, -0.2) is 17.7 Å². The lowest BCUT2D eigenvalue weighted by molar-refractivity contribution is -0.165. The van der Waals surface area contributed by atoms with Gasteiger partial charge in [0.2, 0.25) is 0 Å². The summed E-state index contributed by atoms with van der Waals surface area (Å²) in [6, 6.07) is 0. The zero-order chi connectivity index (χ0) is 16.0. The Bertz CT molecular complexity index is 495. The number of ketones is 1. The number of carbonyl (C=O) groups is 3. The summed E-state index contributed by atoms with van der Waals surface area (Å²) in [5, 5.41) is 0. The van der Waals surface area contributed by atoms with E-state index in [0.29, 0.717) is 18.4 Å². The quantitative estimate of drug-likeness (QED) is 0.576. The number of allylic oxidation sites excluding steroid dienone is 4. The first kappa shape index (κ1) is 17.3. The summed E-state index contributed by atoms with van der Waals surface area (Å²) in [5.41, 5.74) is -0.148. The lowest BCUT2D eigenvalue weighted by atomic mass is 9.97. The number of esters is 2. The monoisotopic (exact) mass is 296 g/mol. The highest BCUT2D eigenvalue weighted by molar-refractivity contribution is 5.96. The van der Waals surface area contributed by atoms with E-state index in [4.69, 9.17) is 4.74 Å². The van der Waals surface area contributed by atoms with Crippen LogP contribution in [0.15, 0.2) is 23.6 Å². The van der Waals surface area contributed by atoms with Gasteiger partial charge in [-0.2, -0.15) is 0 Å². The lowest BCUT2D eigenvalue weighted by Gasteiger charge is -2.15. The minimum atomic E-state index is -0.727. The predicted octanol–water partition coefficient (Wildman–Crippen LogP) is 3.42. The summed E-state index contributed by atoms with van der Waals surface area (Å²) >= 11 is 0. The van der Waals surface area contributed by atoms with Gasteiger partial charge in [-0.05, 0) is 45.3 Å². The third kappa shape index (κ3) is 6.02. The van der Waals surface area contributed by atoms with Crippen LogP contribution in [0.5, 0.6) is 0 Å². The standard InChI is InChI=1S/C16H21FO4/c1-16(2,3)15(20)21-14(19)6-4-5-13(18)11-7-9-12(17)10-8-11/h7,9H,4-6,8,10H2,1-3H3. The van der Waals surface area contributed by atoms with Gasteiger partial charge in [0.05, 0.1) is 5.41 Å². The third-order valence-corrected chi connectivity index (χ3v) is 3.06. The second-order valence-corrected chi connectivity index (χ2v) is 6.09. The molecule has 0 aromatic rings. The van der Waals surface area contributed by atoms with E-state index in [-0.39, 0.29) is 30.9 Å². The highest BCUT2D eigenvalue weighted by Crippen LogP contribution is 2.21. The number of hydrogen-bond donors (Lipinski definition) is 0. The summed E-state index contributed by atoms with van der Waals surface area (Å²) in [4.78, 5) is 34.8. The zero-order valence-electron chi connectivity index (χ0n) is 12.7. The van der Waals surface area contributed by atoms with Crippen molar-refractivity contribution in [2.45, 2.75) is 52.9 Å². The molecule has 0 saturated carbocycles. The van der Waals surface area contributed by atoms with E-state index in [1.807, 2.05) is 0 Å². The van der Waals surface area contributed by atoms with E-state index in [9.17, 15) is 18.8 Å². The van der Waals surface area contributed by atoms with Crippen molar-refractivity contribution in [1.29, 1.82) is 0 Å². The number of ether oxygens (including phenoxy) is 1. The van der Waals surface area contributed by atoms with Crippen LogP contribution in [0.2, 0.25) is 0 Å². The van der Waals surface area contributed by atoms with E-state index >= 15 is 0 Å². The molecule has 0 N–H and O–H groups in total. The van der Waals surface area contributed by atoms with Gasteiger partial charge in [-0.3, -0.25) is 14.4 Å². The molecule has 0 spiro atoms. The van der Waals surface area contributed by atoms with Crippen LogP contribution in [0.3, 0.4) is 0 Å². The van der Waals surface area contributed by atoms with Crippen LogP contribution in [0, 0.1) is 5.41 Å². The van der Waals surface area contributed by atoms with Crippen LogP contribution in [0.25, 0.3) is 0 Å². The first-order valence-electron chi connectivity index (χ1n) is 7.03. The maximum absolute atomic E-state index is 12.8. The van der Waals surface area contributed by atoms with Crippen molar-refractivity contribution in [3.8, 4) is 0 Å². The Balaban J connectivity index is 2.32. The topological polar surface area (TPSA) is 60.4 Å². The van der Waals surface area contributed by atoms with Crippen molar-refractivity contribution < 1.29 is 23.5 Å². The third-order valence-electron chi connectivity index (χ3n) is 3.06. The van der Waals surface area contributed by atoms with Gasteiger partial charge in [0.1, 0.15) is 5.83 Å². The minimum absolute atomic E-state index is 0.0189. The van der Waals surface area contributed by atoms with Crippen molar-refractivity contribution in [3.63, 3.8) is 0 Å². The van der Waals surface area contributed by atoms with Crippen LogP contribution in [0.4, 0.5) is 4.39 Å². The molecule has 0 atom stereocenters. The Morgan fingerprint density at radius 2 is 1.81 bits per heavy atom. The highest BCUT2D eigenvalue weighted by Gasteiger charge is 2.25. The van der Waals surface area contributed by atoms with Crippen molar-refractivity contribution in [2.75, 3.05) is 0 Å². The molecule has 1 aliphatic rings. The Labute approximate surface area is 124 Å². The van der Waals surface area contributed by atoms with E-state index in [1.54, 1.807) is 20.8 Å². The van der Waals surface area contributed by atoms with Crippen molar-refractivity contribution in [2.24, 2.45) is 5.41 Å². The Morgan fingerprint density at radius 1 is 1.14 bits per heavy atom. The van der Waals surface area contributed by atoms with Crippen LogP contribution in [-0.2, 0) is 19.1 Å². The fourth-order valence-corrected chi connectivity index (χ4v) is 1.71. The molecule has 116 valence electrons. The second-order valence-electron chi connectivity index (χ2n) is 6.09. The molecule has 0 radical (unpaired) electrons. The number of Topliss-reactive ketones (excluding diaryl/α,β-unsaturated/α-hetero) is 1. The molecular weight excluding hydrogens is 275 g/mol. The maximum atomic E-state index is 12.8. The van der Waals surface area contributed by atoms with Gasteiger partial charge in [0, 0.05) is 19.3 Å².